The molecule has 1 fully saturated rings. The lowest BCUT2D eigenvalue weighted by Crippen LogP contribution is -2.54. The van der Waals surface area contributed by atoms with Crippen molar-refractivity contribution in [1.82, 2.24) is 5.32 Å². The summed E-state index contributed by atoms with van der Waals surface area (Å²) in [5.41, 5.74) is 7.19. The fourth-order valence-electron chi connectivity index (χ4n) is 7.89. The number of nitrogens with one attached hydrogen (secondary N) is 1. The van der Waals surface area contributed by atoms with E-state index in [9.17, 15) is 14.4 Å². The highest BCUT2D eigenvalue weighted by molar-refractivity contribution is 14.1. The molecule has 55 heavy (non-hydrogen) atoms. The highest BCUT2D eigenvalue weighted by Crippen LogP contribution is 2.50. The molecule has 0 aliphatic carbocycles. The Balaban J connectivity index is 1.18. The summed E-state index contributed by atoms with van der Waals surface area (Å²) in [4.78, 5) is 45.1. The minimum absolute atomic E-state index is 0.0655. The Hall–Kier alpha value is -4.84. The lowest BCUT2D eigenvalue weighted by atomic mass is 9.76. The van der Waals surface area contributed by atoms with Crippen LogP contribution in [0.15, 0.2) is 109 Å². The van der Waals surface area contributed by atoms with E-state index in [1.54, 1.807) is 30.3 Å². The van der Waals surface area contributed by atoms with Crippen LogP contribution in [0.1, 0.15) is 65.0 Å². The topological polar surface area (TPSA) is 88.2 Å². The lowest BCUT2D eigenvalue weighted by molar-refractivity contribution is -0.122. The number of ether oxygens (including phenoxy) is 2. The molecule has 0 radical (unpaired) electrons. The second-order valence-corrected chi connectivity index (χ2v) is 15.7. The van der Waals surface area contributed by atoms with Crippen molar-refractivity contribution >= 4 is 81.1 Å². The number of carbonyl (C=O) groups excluding carboxylic acids is 3. The number of nitrogens with zero attached hydrogens (tertiary/aromatic N) is 2. The van der Waals surface area contributed by atoms with Crippen molar-refractivity contribution in [2.24, 2.45) is 0 Å². The Morgan fingerprint density at radius 3 is 2.05 bits per heavy atom. The predicted octanol–water partition coefficient (Wildman–Crippen LogP) is 10.1. The van der Waals surface area contributed by atoms with Gasteiger partial charge in [0.05, 0.1) is 15.9 Å². The van der Waals surface area contributed by atoms with Crippen LogP contribution in [0, 0.1) is 3.57 Å². The number of amides is 4. The number of barbiturate groups is 1. The number of hydrogen-bond acceptors (Lipinski definition) is 6. The second-order valence-electron chi connectivity index (χ2n) is 13.7. The van der Waals surface area contributed by atoms with Crippen LogP contribution in [-0.2, 0) is 16.2 Å². The van der Waals surface area contributed by atoms with Gasteiger partial charge in [-0.3, -0.25) is 14.9 Å². The van der Waals surface area contributed by atoms with E-state index in [0.29, 0.717) is 43.0 Å². The number of imide groups is 2. The molecule has 3 heterocycles. The molecular weight excluding hydrogens is 848 g/mol. The monoisotopic (exact) mass is 883 g/mol. The Morgan fingerprint density at radius 2 is 1.45 bits per heavy atom. The van der Waals surface area contributed by atoms with Gasteiger partial charge in [0.15, 0.2) is 11.5 Å². The zero-order chi connectivity index (χ0) is 38.2. The van der Waals surface area contributed by atoms with Gasteiger partial charge >= 0.3 is 6.03 Å². The minimum Gasteiger partial charge on any atom is -0.490 e. The molecule has 8 nitrogen and oxygen atoms in total. The van der Waals surface area contributed by atoms with E-state index in [1.165, 1.54) is 22.9 Å². The highest BCUT2D eigenvalue weighted by Gasteiger charge is 2.40. The first-order valence-electron chi connectivity index (χ1n) is 18.2. The number of urea groups is 1. The number of hydrogen-bond donors (Lipinski definition) is 1. The van der Waals surface area contributed by atoms with Crippen LogP contribution in [-0.4, -0.2) is 37.5 Å². The Morgan fingerprint density at radius 1 is 0.818 bits per heavy atom. The molecule has 0 saturated carbocycles. The number of benzene rings is 5. The van der Waals surface area contributed by atoms with Crippen molar-refractivity contribution in [3.05, 3.63) is 156 Å². The first-order chi connectivity index (χ1) is 26.7. The lowest BCUT2D eigenvalue weighted by Gasteiger charge is -2.44. The number of halogens is 3. The third kappa shape index (κ3) is 7.33. The summed E-state index contributed by atoms with van der Waals surface area (Å²) in [6, 6.07) is 32.6. The van der Waals surface area contributed by atoms with E-state index >= 15 is 0 Å². The molecular formula is C44H36Cl2IN3O5. The molecule has 3 aliphatic heterocycles. The van der Waals surface area contributed by atoms with Crippen LogP contribution in [0.2, 0.25) is 10.0 Å². The SMILES string of the molecule is CCOc1cc(/C=C2\C(=O)NC(=O)N(c3cc4c5c(c3)[C@H](c3ccccc3)CCN5CC[C@@H]4c3ccccc3)C2=O)cc(I)c1OCc1ccc(Cl)cc1Cl. The molecule has 11 heteroatoms. The summed E-state index contributed by atoms with van der Waals surface area (Å²) in [5, 5.41) is 3.44. The van der Waals surface area contributed by atoms with Gasteiger partial charge in [-0.1, -0.05) is 89.9 Å². The molecule has 0 bridgehead atoms. The standard InChI is InChI=1S/C44H36Cl2IN3O5/c1-2-54-39-21-26(20-38(47)41(39)55-25-29-13-14-30(45)22-37(29)46)19-36-42(51)48-44(53)50(43(36)52)31-23-34-32(27-9-5-3-6-10-27)15-17-49-18-16-33(35(24-31)40(34)49)28-11-7-4-8-12-28/h3-14,19-24,32-33H,2,15-18,25H2,1H3,(H,48,51,53)/b36-19+/t32-,33+. The molecule has 0 unspecified atom stereocenters. The Labute approximate surface area is 343 Å². The van der Waals surface area contributed by atoms with E-state index in [2.05, 4.69) is 57.1 Å². The zero-order valence-corrected chi connectivity index (χ0v) is 33.5. The van der Waals surface area contributed by atoms with Gasteiger partial charge < -0.3 is 14.4 Å². The molecule has 0 spiro atoms. The van der Waals surface area contributed by atoms with E-state index in [-0.39, 0.29) is 24.0 Å². The summed E-state index contributed by atoms with van der Waals surface area (Å²) in [6.07, 6.45) is 3.28. The van der Waals surface area contributed by atoms with Crippen molar-refractivity contribution in [2.75, 3.05) is 29.5 Å². The summed E-state index contributed by atoms with van der Waals surface area (Å²) in [7, 11) is 0. The van der Waals surface area contributed by atoms with Gasteiger partial charge in [0.1, 0.15) is 12.2 Å². The molecule has 1 N–H and O–H groups in total. The summed E-state index contributed by atoms with van der Waals surface area (Å²) >= 11 is 14.6. The van der Waals surface area contributed by atoms with E-state index in [4.69, 9.17) is 32.7 Å². The molecule has 5 aromatic carbocycles. The van der Waals surface area contributed by atoms with Crippen molar-refractivity contribution in [2.45, 2.75) is 38.2 Å². The van der Waals surface area contributed by atoms with Crippen LogP contribution in [0.3, 0.4) is 0 Å². The van der Waals surface area contributed by atoms with Crippen molar-refractivity contribution in [1.29, 1.82) is 0 Å². The third-order valence-electron chi connectivity index (χ3n) is 10.4. The van der Waals surface area contributed by atoms with Gasteiger partial charge in [0.25, 0.3) is 11.8 Å². The number of rotatable bonds is 9. The fourth-order valence-corrected chi connectivity index (χ4v) is 9.13. The molecule has 3 aliphatic rings. The van der Waals surface area contributed by atoms with Gasteiger partial charge in [-0.15, -0.1) is 0 Å². The zero-order valence-electron chi connectivity index (χ0n) is 29.9. The predicted molar refractivity (Wildman–Crippen MR) is 225 cm³/mol. The van der Waals surface area contributed by atoms with Crippen molar-refractivity contribution in [3.8, 4) is 11.5 Å². The largest absolute Gasteiger partial charge is 0.490 e. The number of carbonyl (C=O) groups is 3. The van der Waals surface area contributed by atoms with Gasteiger partial charge in [-0.2, -0.15) is 0 Å². The average Bonchev–Trinajstić information content (AvgIpc) is 3.18. The van der Waals surface area contributed by atoms with Gasteiger partial charge in [-0.25, -0.2) is 9.69 Å². The van der Waals surface area contributed by atoms with Crippen LogP contribution in [0.25, 0.3) is 6.08 Å². The molecule has 278 valence electrons. The Bertz CT molecular complexity index is 2280. The molecule has 1 saturated heterocycles. The van der Waals surface area contributed by atoms with E-state index in [1.807, 2.05) is 55.5 Å². The van der Waals surface area contributed by atoms with Gasteiger partial charge in [-0.05, 0) is 113 Å². The summed E-state index contributed by atoms with van der Waals surface area (Å²) < 4.78 is 12.8. The Kier molecular flexibility index (Phi) is 10.6. The van der Waals surface area contributed by atoms with Gasteiger partial charge in [0.2, 0.25) is 0 Å². The van der Waals surface area contributed by atoms with Crippen molar-refractivity contribution < 1.29 is 23.9 Å². The first kappa shape index (κ1) is 37.1. The van der Waals surface area contributed by atoms with Crippen LogP contribution in [0.5, 0.6) is 11.5 Å². The van der Waals surface area contributed by atoms with Crippen molar-refractivity contribution in [3.63, 3.8) is 0 Å². The highest BCUT2D eigenvalue weighted by atomic mass is 127. The maximum absolute atomic E-state index is 14.5. The maximum atomic E-state index is 14.5. The van der Waals surface area contributed by atoms with E-state index < -0.39 is 17.8 Å². The van der Waals surface area contributed by atoms with Crippen LogP contribution < -0.4 is 24.6 Å². The number of anilines is 2. The third-order valence-corrected chi connectivity index (χ3v) is 11.8. The summed E-state index contributed by atoms with van der Waals surface area (Å²) in [5.74, 6) is -0.425. The fraction of sp³-hybridized carbons (Fsp3) is 0.205. The molecule has 0 aromatic heterocycles. The molecule has 8 rings (SSSR count). The summed E-state index contributed by atoms with van der Waals surface area (Å²) in [6.45, 7) is 4.19. The second kappa shape index (κ2) is 15.7. The smallest absolute Gasteiger partial charge is 0.335 e. The first-order valence-corrected chi connectivity index (χ1v) is 20.0. The normalized spacial score (nSPS) is 18.6. The minimum atomic E-state index is -0.788. The average molecular weight is 885 g/mol. The van der Waals surface area contributed by atoms with Crippen LogP contribution >= 0.6 is 45.8 Å². The van der Waals surface area contributed by atoms with Crippen LogP contribution in [0.4, 0.5) is 16.2 Å². The maximum Gasteiger partial charge on any atom is 0.335 e. The quantitative estimate of drug-likeness (QED) is 0.0902. The molecule has 4 amide bonds. The molecule has 2 atom stereocenters. The molecule has 5 aromatic rings. The van der Waals surface area contributed by atoms with E-state index in [0.717, 1.165) is 47.5 Å². The van der Waals surface area contributed by atoms with Gasteiger partial charge in [0, 0.05) is 46.2 Å².